The van der Waals surface area contributed by atoms with E-state index in [4.69, 9.17) is 0 Å². The van der Waals surface area contributed by atoms with Gasteiger partial charge in [-0.2, -0.15) is 0 Å². The summed E-state index contributed by atoms with van der Waals surface area (Å²) in [5.74, 6) is -4.57. The number of hydrogen-bond acceptors (Lipinski definition) is 3. The molecule has 0 aliphatic rings. The van der Waals surface area contributed by atoms with E-state index < -0.39 is 39.5 Å². The molecular formula is C13H7F3N2O3. The number of amides is 1. The fraction of sp³-hybridized carbons (Fsp3) is 0. The van der Waals surface area contributed by atoms with Crippen molar-refractivity contribution in [2.75, 3.05) is 5.32 Å². The van der Waals surface area contributed by atoms with Gasteiger partial charge in [-0.15, -0.1) is 0 Å². The van der Waals surface area contributed by atoms with Gasteiger partial charge in [0.25, 0.3) is 11.6 Å². The largest absolute Gasteiger partial charge is 0.322 e. The number of halogens is 3. The van der Waals surface area contributed by atoms with E-state index >= 15 is 0 Å². The summed E-state index contributed by atoms with van der Waals surface area (Å²) in [6, 6.07) is 5.38. The van der Waals surface area contributed by atoms with E-state index in [9.17, 15) is 28.1 Å². The van der Waals surface area contributed by atoms with Gasteiger partial charge in [-0.05, 0) is 18.2 Å². The molecule has 0 spiro atoms. The molecule has 0 heterocycles. The quantitative estimate of drug-likeness (QED) is 0.698. The summed E-state index contributed by atoms with van der Waals surface area (Å²) < 4.78 is 39.6. The van der Waals surface area contributed by atoms with Gasteiger partial charge < -0.3 is 5.32 Å². The lowest BCUT2D eigenvalue weighted by atomic mass is 10.2. The van der Waals surface area contributed by atoms with Crippen LogP contribution in [0.1, 0.15) is 10.4 Å². The molecule has 0 aliphatic carbocycles. The molecule has 1 amide bonds. The Morgan fingerprint density at radius 2 is 1.86 bits per heavy atom. The molecule has 5 nitrogen and oxygen atoms in total. The first-order chi connectivity index (χ1) is 9.88. The van der Waals surface area contributed by atoms with Gasteiger partial charge in [-0.25, -0.2) is 13.2 Å². The van der Waals surface area contributed by atoms with Crippen molar-refractivity contribution < 1.29 is 22.9 Å². The van der Waals surface area contributed by atoms with Crippen LogP contribution in [0.4, 0.5) is 24.5 Å². The normalized spacial score (nSPS) is 10.2. The van der Waals surface area contributed by atoms with Gasteiger partial charge in [0, 0.05) is 6.07 Å². The smallest absolute Gasteiger partial charge is 0.274 e. The molecule has 2 rings (SSSR count). The van der Waals surface area contributed by atoms with Crippen LogP contribution in [-0.4, -0.2) is 10.8 Å². The Kier molecular flexibility index (Phi) is 3.88. The first-order valence-electron chi connectivity index (χ1n) is 5.59. The van der Waals surface area contributed by atoms with E-state index in [0.717, 1.165) is 30.3 Å². The van der Waals surface area contributed by atoms with Crippen molar-refractivity contribution in [2.45, 2.75) is 0 Å². The maximum Gasteiger partial charge on any atom is 0.274 e. The van der Waals surface area contributed by atoms with Crippen molar-refractivity contribution in [3.05, 3.63) is 69.5 Å². The van der Waals surface area contributed by atoms with Crippen LogP contribution in [-0.2, 0) is 0 Å². The molecule has 1 N–H and O–H groups in total. The van der Waals surface area contributed by atoms with Crippen molar-refractivity contribution in [3.63, 3.8) is 0 Å². The second kappa shape index (κ2) is 5.61. The second-order valence-electron chi connectivity index (χ2n) is 4.01. The van der Waals surface area contributed by atoms with Crippen LogP contribution >= 0.6 is 0 Å². The molecule has 0 unspecified atom stereocenters. The molecular weight excluding hydrogens is 289 g/mol. The predicted octanol–water partition coefficient (Wildman–Crippen LogP) is 3.26. The minimum absolute atomic E-state index is 0.240. The number of benzene rings is 2. The fourth-order valence-corrected chi connectivity index (χ4v) is 1.63. The number of nitrogens with one attached hydrogen (secondary N) is 1. The number of nitro groups is 1. The number of carbonyl (C=O) groups is 1. The van der Waals surface area contributed by atoms with Crippen LogP contribution in [0.5, 0.6) is 0 Å². The SMILES string of the molecule is O=C(Nc1cc(F)cc([N+](=O)[O-])c1)c1cccc(F)c1F. The zero-order chi connectivity index (χ0) is 15.6. The Morgan fingerprint density at radius 3 is 2.52 bits per heavy atom. The van der Waals surface area contributed by atoms with Crippen molar-refractivity contribution in [2.24, 2.45) is 0 Å². The average Bonchev–Trinajstić information content (AvgIpc) is 2.41. The van der Waals surface area contributed by atoms with E-state index in [-0.39, 0.29) is 5.69 Å². The molecule has 8 heteroatoms. The van der Waals surface area contributed by atoms with Crippen molar-refractivity contribution >= 4 is 17.3 Å². The number of carbonyl (C=O) groups excluding carboxylic acids is 1. The Morgan fingerprint density at radius 1 is 1.14 bits per heavy atom. The zero-order valence-corrected chi connectivity index (χ0v) is 10.3. The minimum Gasteiger partial charge on any atom is -0.322 e. The van der Waals surface area contributed by atoms with E-state index in [0.29, 0.717) is 6.07 Å². The molecule has 0 aliphatic heterocycles. The number of nitro benzene ring substituents is 1. The van der Waals surface area contributed by atoms with Crippen LogP contribution in [0.2, 0.25) is 0 Å². The summed E-state index contributed by atoms with van der Waals surface area (Å²) in [6.07, 6.45) is 0. The highest BCUT2D eigenvalue weighted by Gasteiger charge is 2.17. The topological polar surface area (TPSA) is 72.2 Å². The van der Waals surface area contributed by atoms with Gasteiger partial charge in [0.1, 0.15) is 5.82 Å². The highest BCUT2D eigenvalue weighted by molar-refractivity contribution is 6.04. The van der Waals surface area contributed by atoms with E-state index in [1.54, 1.807) is 0 Å². The molecule has 0 radical (unpaired) electrons. The second-order valence-corrected chi connectivity index (χ2v) is 4.01. The summed E-state index contributed by atoms with van der Waals surface area (Å²) >= 11 is 0. The third-order valence-electron chi connectivity index (χ3n) is 2.55. The number of anilines is 1. The molecule has 0 atom stereocenters. The molecule has 0 saturated carbocycles. The van der Waals surface area contributed by atoms with E-state index in [1.165, 1.54) is 0 Å². The van der Waals surface area contributed by atoms with Crippen molar-refractivity contribution in [3.8, 4) is 0 Å². The number of hydrogen-bond donors (Lipinski definition) is 1. The highest BCUT2D eigenvalue weighted by Crippen LogP contribution is 2.21. The van der Waals surface area contributed by atoms with Gasteiger partial charge in [0.15, 0.2) is 11.6 Å². The van der Waals surface area contributed by atoms with Gasteiger partial charge in [0.05, 0.1) is 22.2 Å². The molecule has 0 aromatic heterocycles. The van der Waals surface area contributed by atoms with Crippen LogP contribution in [0.15, 0.2) is 36.4 Å². The third kappa shape index (κ3) is 3.16. The number of non-ortho nitro benzene ring substituents is 1. The molecule has 108 valence electrons. The van der Waals surface area contributed by atoms with Gasteiger partial charge in [-0.3, -0.25) is 14.9 Å². The first-order valence-corrected chi connectivity index (χ1v) is 5.59. The predicted molar refractivity (Wildman–Crippen MR) is 67.4 cm³/mol. The number of nitrogens with zero attached hydrogens (tertiary/aromatic N) is 1. The molecule has 2 aromatic rings. The lowest BCUT2D eigenvalue weighted by molar-refractivity contribution is -0.385. The standard InChI is InChI=1S/C13H7F3N2O3/c14-7-4-8(6-9(5-7)18(20)21)17-13(19)10-2-1-3-11(15)12(10)16/h1-6H,(H,17,19). The van der Waals surface area contributed by atoms with E-state index in [1.807, 2.05) is 0 Å². The van der Waals surface area contributed by atoms with Crippen LogP contribution in [0.25, 0.3) is 0 Å². The monoisotopic (exact) mass is 296 g/mol. The molecule has 0 bridgehead atoms. The Balaban J connectivity index is 2.31. The van der Waals surface area contributed by atoms with Gasteiger partial charge in [-0.1, -0.05) is 6.07 Å². The maximum absolute atomic E-state index is 13.4. The summed E-state index contributed by atoms with van der Waals surface area (Å²) in [5, 5.41) is 12.6. The average molecular weight is 296 g/mol. The maximum atomic E-state index is 13.4. The fourth-order valence-electron chi connectivity index (χ4n) is 1.63. The van der Waals surface area contributed by atoms with E-state index in [2.05, 4.69) is 5.32 Å². The lowest BCUT2D eigenvalue weighted by Crippen LogP contribution is -2.14. The molecule has 0 saturated heterocycles. The van der Waals surface area contributed by atoms with Crippen LogP contribution in [0, 0.1) is 27.6 Å². The first kappa shape index (κ1) is 14.5. The number of rotatable bonds is 3. The highest BCUT2D eigenvalue weighted by atomic mass is 19.2. The lowest BCUT2D eigenvalue weighted by Gasteiger charge is -2.06. The molecule has 2 aromatic carbocycles. The summed E-state index contributed by atoms with van der Waals surface area (Å²) in [6.45, 7) is 0. The Labute approximate surface area is 116 Å². The molecule has 21 heavy (non-hydrogen) atoms. The van der Waals surface area contributed by atoms with Gasteiger partial charge >= 0.3 is 0 Å². The zero-order valence-electron chi connectivity index (χ0n) is 10.3. The summed E-state index contributed by atoms with van der Waals surface area (Å²) in [7, 11) is 0. The molecule has 0 fully saturated rings. The third-order valence-corrected chi connectivity index (χ3v) is 2.55. The van der Waals surface area contributed by atoms with Crippen LogP contribution in [0.3, 0.4) is 0 Å². The summed E-state index contributed by atoms with van der Waals surface area (Å²) in [4.78, 5) is 21.5. The van der Waals surface area contributed by atoms with Crippen molar-refractivity contribution in [1.29, 1.82) is 0 Å². The minimum atomic E-state index is -1.36. The van der Waals surface area contributed by atoms with Crippen molar-refractivity contribution in [1.82, 2.24) is 0 Å². The Hall–Kier alpha value is -2.90. The Bertz CT molecular complexity index is 735. The summed E-state index contributed by atoms with van der Waals surface area (Å²) in [5.41, 5.74) is -1.41. The van der Waals surface area contributed by atoms with Crippen LogP contribution < -0.4 is 5.32 Å². The van der Waals surface area contributed by atoms with Gasteiger partial charge in [0.2, 0.25) is 0 Å².